The number of nitrogens with one attached hydrogen (secondary N) is 1. The third-order valence-corrected chi connectivity index (χ3v) is 4.81. The van der Waals surface area contributed by atoms with Crippen molar-refractivity contribution in [2.24, 2.45) is 5.92 Å². The van der Waals surface area contributed by atoms with E-state index in [1.807, 2.05) is 0 Å². The zero-order valence-corrected chi connectivity index (χ0v) is 12.7. The predicted molar refractivity (Wildman–Crippen MR) is 78.8 cm³/mol. The summed E-state index contributed by atoms with van der Waals surface area (Å²) in [5, 5.41) is 11.9. The van der Waals surface area contributed by atoms with E-state index in [0.29, 0.717) is 24.1 Å². The van der Waals surface area contributed by atoms with Crippen LogP contribution in [0.25, 0.3) is 0 Å². The summed E-state index contributed by atoms with van der Waals surface area (Å²) >= 11 is 1.48. The molecule has 0 aliphatic carbocycles. The topological polar surface area (TPSA) is 72.9 Å². The Morgan fingerprint density at radius 1 is 1.40 bits per heavy atom. The van der Waals surface area contributed by atoms with Crippen molar-refractivity contribution < 1.29 is 14.7 Å². The first-order valence-corrected chi connectivity index (χ1v) is 8.30. The van der Waals surface area contributed by atoms with Gasteiger partial charge in [0.2, 0.25) is 0 Å². The molecule has 6 nitrogen and oxygen atoms in total. The Hall–Kier alpha value is -0.950. The number of carbonyl (C=O) groups is 2. The van der Waals surface area contributed by atoms with Gasteiger partial charge in [0, 0.05) is 18.8 Å². The molecule has 2 saturated heterocycles. The van der Waals surface area contributed by atoms with Crippen LogP contribution >= 0.6 is 11.8 Å². The molecule has 0 aromatic carbocycles. The lowest BCUT2D eigenvalue weighted by Crippen LogP contribution is -2.48. The number of aliphatic carboxylic acids is 1. The third kappa shape index (κ3) is 4.02. The number of likely N-dealkylation sites (tertiary alicyclic amines) is 1. The van der Waals surface area contributed by atoms with Crippen molar-refractivity contribution in [2.45, 2.75) is 25.8 Å². The van der Waals surface area contributed by atoms with Gasteiger partial charge in [-0.25, -0.2) is 9.59 Å². The number of hydrogen-bond acceptors (Lipinski definition) is 4. The summed E-state index contributed by atoms with van der Waals surface area (Å²) in [6.07, 6.45) is 2.54. The van der Waals surface area contributed by atoms with E-state index in [2.05, 4.69) is 17.1 Å². The standard InChI is InChI=1S/C13H23N3O3S/c1-10(7-15-4-2-3-5-15)6-14-13(19)16-9-20-8-11(16)12(17)18/h10-11H,2-9H2,1H3,(H,14,19)(H,17,18). The molecule has 2 amide bonds. The molecule has 0 saturated carbocycles. The van der Waals surface area contributed by atoms with Crippen LogP contribution in [0, 0.1) is 5.92 Å². The fraction of sp³-hybridized carbons (Fsp3) is 0.846. The van der Waals surface area contributed by atoms with Crippen molar-refractivity contribution in [3.8, 4) is 0 Å². The number of amides is 2. The van der Waals surface area contributed by atoms with Crippen molar-refractivity contribution in [2.75, 3.05) is 37.8 Å². The molecule has 114 valence electrons. The van der Waals surface area contributed by atoms with Gasteiger partial charge >= 0.3 is 12.0 Å². The molecule has 2 fully saturated rings. The quantitative estimate of drug-likeness (QED) is 0.789. The summed E-state index contributed by atoms with van der Waals surface area (Å²) < 4.78 is 0. The van der Waals surface area contributed by atoms with E-state index in [9.17, 15) is 9.59 Å². The summed E-state index contributed by atoms with van der Waals surface area (Å²) in [7, 11) is 0. The van der Waals surface area contributed by atoms with Crippen molar-refractivity contribution in [1.82, 2.24) is 15.1 Å². The zero-order chi connectivity index (χ0) is 14.5. The Balaban J connectivity index is 1.72. The predicted octanol–water partition coefficient (Wildman–Crippen LogP) is 0.887. The number of hydrogen-bond donors (Lipinski definition) is 2. The number of thioether (sulfide) groups is 1. The number of rotatable bonds is 5. The van der Waals surface area contributed by atoms with Gasteiger partial charge in [-0.05, 0) is 31.8 Å². The fourth-order valence-electron chi connectivity index (χ4n) is 2.68. The molecule has 2 atom stereocenters. The van der Waals surface area contributed by atoms with Crippen LogP contribution in [0.1, 0.15) is 19.8 Å². The highest BCUT2D eigenvalue weighted by Crippen LogP contribution is 2.21. The van der Waals surface area contributed by atoms with Crippen LogP contribution in [0.2, 0.25) is 0 Å². The van der Waals surface area contributed by atoms with Crippen molar-refractivity contribution in [3.05, 3.63) is 0 Å². The molecular weight excluding hydrogens is 278 g/mol. The molecule has 2 N–H and O–H groups in total. The summed E-state index contributed by atoms with van der Waals surface area (Å²) in [6.45, 7) is 6.02. The van der Waals surface area contributed by atoms with Crippen LogP contribution in [0.15, 0.2) is 0 Å². The molecule has 2 rings (SSSR count). The van der Waals surface area contributed by atoms with E-state index in [1.165, 1.54) is 29.5 Å². The molecule has 2 aliphatic rings. The lowest BCUT2D eigenvalue weighted by molar-refractivity contribution is -0.140. The second-order valence-electron chi connectivity index (χ2n) is 5.62. The summed E-state index contributed by atoms with van der Waals surface area (Å²) in [5.41, 5.74) is 0. The average Bonchev–Trinajstić information content (AvgIpc) is 3.06. The van der Waals surface area contributed by atoms with E-state index < -0.39 is 12.0 Å². The largest absolute Gasteiger partial charge is 0.480 e. The maximum Gasteiger partial charge on any atom is 0.327 e. The average molecular weight is 301 g/mol. The van der Waals surface area contributed by atoms with Crippen molar-refractivity contribution >= 4 is 23.8 Å². The van der Waals surface area contributed by atoms with E-state index >= 15 is 0 Å². The Labute approximate surface area is 123 Å². The molecular formula is C13H23N3O3S. The molecule has 0 aromatic heterocycles. The molecule has 0 bridgehead atoms. The lowest BCUT2D eigenvalue weighted by Gasteiger charge is -2.24. The minimum Gasteiger partial charge on any atom is -0.480 e. The maximum absolute atomic E-state index is 12.0. The fourth-order valence-corrected chi connectivity index (χ4v) is 3.83. The van der Waals surface area contributed by atoms with E-state index in [0.717, 1.165) is 19.6 Å². The van der Waals surface area contributed by atoms with Crippen LogP contribution in [0.3, 0.4) is 0 Å². The minimum atomic E-state index is -0.921. The smallest absolute Gasteiger partial charge is 0.327 e. The Morgan fingerprint density at radius 2 is 2.10 bits per heavy atom. The molecule has 20 heavy (non-hydrogen) atoms. The number of nitrogens with zero attached hydrogens (tertiary/aromatic N) is 2. The van der Waals surface area contributed by atoms with Gasteiger partial charge in [-0.1, -0.05) is 6.92 Å². The van der Waals surface area contributed by atoms with Gasteiger partial charge in [0.25, 0.3) is 0 Å². The zero-order valence-electron chi connectivity index (χ0n) is 11.9. The number of carboxylic acid groups (broad SMARTS) is 1. The van der Waals surface area contributed by atoms with E-state index in [-0.39, 0.29) is 6.03 Å². The van der Waals surface area contributed by atoms with Crippen molar-refractivity contribution in [3.63, 3.8) is 0 Å². The number of urea groups is 1. The molecule has 2 aliphatic heterocycles. The number of carboxylic acids is 1. The lowest BCUT2D eigenvalue weighted by atomic mass is 10.1. The highest BCUT2D eigenvalue weighted by molar-refractivity contribution is 7.99. The van der Waals surface area contributed by atoms with Gasteiger partial charge in [0.05, 0.1) is 5.88 Å². The molecule has 0 aromatic rings. The molecule has 2 heterocycles. The van der Waals surface area contributed by atoms with Crippen molar-refractivity contribution in [1.29, 1.82) is 0 Å². The summed E-state index contributed by atoms with van der Waals surface area (Å²) in [6, 6.07) is -0.940. The van der Waals surface area contributed by atoms with Crippen LogP contribution in [-0.2, 0) is 4.79 Å². The third-order valence-electron chi connectivity index (χ3n) is 3.80. The monoisotopic (exact) mass is 301 g/mol. The first kappa shape index (κ1) is 15.4. The van der Waals surface area contributed by atoms with Gasteiger partial charge in [-0.3, -0.25) is 0 Å². The van der Waals surface area contributed by atoms with Gasteiger partial charge in [0.15, 0.2) is 0 Å². The van der Waals surface area contributed by atoms with E-state index in [1.54, 1.807) is 0 Å². The van der Waals surface area contributed by atoms with Gasteiger partial charge < -0.3 is 20.2 Å². The van der Waals surface area contributed by atoms with Gasteiger partial charge in [0.1, 0.15) is 6.04 Å². The molecule has 7 heteroatoms. The first-order chi connectivity index (χ1) is 9.58. The normalized spacial score (nSPS) is 24.9. The van der Waals surface area contributed by atoms with Crippen LogP contribution in [0.4, 0.5) is 4.79 Å². The Bertz CT molecular complexity index is 361. The summed E-state index contributed by atoms with van der Waals surface area (Å²) in [4.78, 5) is 26.9. The van der Waals surface area contributed by atoms with Gasteiger partial charge in [-0.15, -0.1) is 11.8 Å². The van der Waals surface area contributed by atoms with Crippen LogP contribution in [-0.4, -0.2) is 70.8 Å². The maximum atomic E-state index is 12.0. The summed E-state index contributed by atoms with van der Waals surface area (Å²) in [5.74, 6) is 0.404. The van der Waals surface area contributed by atoms with Gasteiger partial charge in [-0.2, -0.15) is 0 Å². The molecule has 0 spiro atoms. The second kappa shape index (κ2) is 7.17. The minimum absolute atomic E-state index is 0.254. The first-order valence-electron chi connectivity index (χ1n) is 7.15. The van der Waals surface area contributed by atoms with Crippen LogP contribution < -0.4 is 5.32 Å². The van der Waals surface area contributed by atoms with Crippen LogP contribution in [0.5, 0.6) is 0 Å². The molecule has 0 radical (unpaired) electrons. The second-order valence-corrected chi connectivity index (χ2v) is 6.62. The number of carbonyl (C=O) groups excluding carboxylic acids is 1. The Kier molecular flexibility index (Phi) is 5.54. The Morgan fingerprint density at radius 3 is 2.75 bits per heavy atom. The SMILES string of the molecule is CC(CNC(=O)N1CSCC1C(=O)O)CN1CCCC1. The molecule has 2 unspecified atom stereocenters. The highest BCUT2D eigenvalue weighted by Gasteiger charge is 2.34. The highest BCUT2D eigenvalue weighted by atomic mass is 32.2. The van der Waals surface area contributed by atoms with E-state index in [4.69, 9.17) is 5.11 Å².